The highest BCUT2D eigenvalue weighted by atomic mass is 16.5. The molecule has 0 saturated carbocycles. The maximum Gasteiger partial charge on any atom is 0.259 e. The molecule has 25 heavy (non-hydrogen) atoms. The Morgan fingerprint density at radius 2 is 1.88 bits per heavy atom. The van der Waals surface area contributed by atoms with Crippen molar-refractivity contribution in [2.24, 2.45) is 0 Å². The number of rotatable bonds is 6. The summed E-state index contributed by atoms with van der Waals surface area (Å²) in [4.78, 5) is 16.6. The minimum Gasteiger partial charge on any atom is -0.488 e. The van der Waals surface area contributed by atoms with Crippen LogP contribution in [0.25, 0.3) is 0 Å². The molecule has 0 spiro atoms. The number of aliphatic hydroxyl groups excluding tert-OH is 1. The summed E-state index contributed by atoms with van der Waals surface area (Å²) in [5.74, 6) is 0.147. The maximum atomic E-state index is 12.6. The van der Waals surface area contributed by atoms with Crippen LogP contribution < -0.4 is 10.1 Å². The van der Waals surface area contributed by atoms with Crippen LogP contribution >= 0.6 is 0 Å². The largest absolute Gasteiger partial charge is 0.488 e. The van der Waals surface area contributed by atoms with Crippen LogP contribution in [0.3, 0.4) is 0 Å². The van der Waals surface area contributed by atoms with E-state index in [4.69, 9.17) is 4.74 Å². The van der Waals surface area contributed by atoms with Gasteiger partial charge in [-0.3, -0.25) is 9.78 Å². The van der Waals surface area contributed by atoms with Gasteiger partial charge in [-0.1, -0.05) is 36.4 Å². The Balaban J connectivity index is 1.81. The first-order valence-electron chi connectivity index (χ1n) is 7.88. The lowest BCUT2D eigenvalue weighted by molar-refractivity contribution is 0.102. The normalized spacial score (nSPS) is 10.3. The zero-order valence-electron chi connectivity index (χ0n) is 13.6. The standard InChI is InChI=1S/C20H18N2O3/c23-13-16-8-9-19(25-14-15-5-2-1-3-6-15)18(11-16)20(24)22-17-7-4-10-21-12-17/h1-12,23H,13-14H2,(H,22,24). The zero-order valence-corrected chi connectivity index (χ0v) is 13.6. The number of nitrogens with one attached hydrogen (secondary N) is 1. The molecular formula is C20H18N2O3. The van der Waals surface area contributed by atoms with Crippen molar-refractivity contribution in [3.05, 3.63) is 89.7 Å². The van der Waals surface area contributed by atoms with Crippen molar-refractivity contribution in [1.82, 2.24) is 4.98 Å². The van der Waals surface area contributed by atoms with Crippen LogP contribution in [-0.2, 0) is 13.2 Å². The first-order chi connectivity index (χ1) is 12.3. The summed E-state index contributed by atoms with van der Waals surface area (Å²) < 4.78 is 5.82. The molecular weight excluding hydrogens is 316 g/mol. The molecule has 1 aromatic heterocycles. The second-order valence-electron chi connectivity index (χ2n) is 5.46. The minimum absolute atomic E-state index is 0.147. The molecule has 2 aromatic carbocycles. The zero-order chi connectivity index (χ0) is 17.5. The van der Waals surface area contributed by atoms with E-state index in [-0.39, 0.29) is 12.5 Å². The molecule has 0 bridgehead atoms. The molecule has 0 aliphatic rings. The lowest BCUT2D eigenvalue weighted by Gasteiger charge is -2.13. The predicted molar refractivity (Wildman–Crippen MR) is 95.3 cm³/mol. The highest BCUT2D eigenvalue weighted by molar-refractivity contribution is 6.06. The van der Waals surface area contributed by atoms with Gasteiger partial charge in [0.2, 0.25) is 0 Å². The molecule has 0 radical (unpaired) electrons. The summed E-state index contributed by atoms with van der Waals surface area (Å²) in [6, 6.07) is 18.3. The molecule has 0 aliphatic carbocycles. The van der Waals surface area contributed by atoms with Gasteiger partial charge in [0, 0.05) is 6.20 Å². The third-order valence-electron chi connectivity index (χ3n) is 3.63. The van der Waals surface area contributed by atoms with Crippen LogP contribution in [0.2, 0.25) is 0 Å². The number of amides is 1. The number of pyridine rings is 1. The number of hydrogen-bond acceptors (Lipinski definition) is 4. The topological polar surface area (TPSA) is 71.5 Å². The van der Waals surface area contributed by atoms with Crippen LogP contribution in [0.15, 0.2) is 73.1 Å². The van der Waals surface area contributed by atoms with Crippen molar-refractivity contribution in [2.45, 2.75) is 13.2 Å². The van der Waals surface area contributed by atoms with E-state index in [0.29, 0.717) is 29.2 Å². The van der Waals surface area contributed by atoms with Crippen molar-refractivity contribution >= 4 is 11.6 Å². The summed E-state index contributed by atoms with van der Waals surface area (Å²) in [6.45, 7) is 0.207. The number of aliphatic hydroxyl groups is 1. The smallest absolute Gasteiger partial charge is 0.259 e. The third kappa shape index (κ3) is 4.43. The second-order valence-corrected chi connectivity index (χ2v) is 5.46. The molecule has 2 N–H and O–H groups in total. The first-order valence-corrected chi connectivity index (χ1v) is 7.88. The van der Waals surface area contributed by atoms with Gasteiger partial charge in [-0.15, -0.1) is 0 Å². The van der Waals surface area contributed by atoms with Gasteiger partial charge in [0.15, 0.2) is 0 Å². The van der Waals surface area contributed by atoms with E-state index >= 15 is 0 Å². The number of nitrogens with zero attached hydrogens (tertiary/aromatic N) is 1. The van der Waals surface area contributed by atoms with E-state index in [0.717, 1.165) is 5.56 Å². The maximum absolute atomic E-state index is 12.6. The summed E-state index contributed by atoms with van der Waals surface area (Å²) >= 11 is 0. The van der Waals surface area contributed by atoms with Crippen LogP contribution in [0.5, 0.6) is 5.75 Å². The van der Waals surface area contributed by atoms with Gasteiger partial charge in [-0.05, 0) is 35.4 Å². The van der Waals surface area contributed by atoms with Gasteiger partial charge in [0.05, 0.1) is 24.1 Å². The second kappa shape index (κ2) is 8.08. The van der Waals surface area contributed by atoms with Crippen molar-refractivity contribution < 1.29 is 14.6 Å². The van der Waals surface area contributed by atoms with E-state index in [2.05, 4.69) is 10.3 Å². The van der Waals surface area contributed by atoms with Crippen LogP contribution in [-0.4, -0.2) is 16.0 Å². The minimum atomic E-state index is -0.314. The number of anilines is 1. The molecule has 0 unspecified atom stereocenters. The molecule has 1 heterocycles. The number of aromatic nitrogens is 1. The van der Waals surface area contributed by atoms with Gasteiger partial charge < -0.3 is 15.2 Å². The van der Waals surface area contributed by atoms with Gasteiger partial charge in [-0.2, -0.15) is 0 Å². The summed E-state index contributed by atoms with van der Waals surface area (Å²) in [6.07, 6.45) is 3.20. The van der Waals surface area contributed by atoms with E-state index in [1.807, 2.05) is 30.3 Å². The number of hydrogen-bond donors (Lipinski definition) is 2. The molecule has 5 nitrogen and oxygen atoms in total. The highest BCUT2D eigenvalue weighted by Crippen LogP contribution is 2.23. The first kappa shape index (κ1) is 16.7. The molecule has 126 valence electrons. The quantitative estimate of drug-likeness (QED) is 0.725. The lowest BCUT2D eigenvalue weighted by atomic mass is 10.1. The van der Waals surface area contributed by atoms with Crippen LogP contribution in [0.4, 0.5) is 5.69 Å². The average Bonchev–Trinajstić information content (AvgIpc) is 2.68. The molecule has 3 rings (SSSR count). The fraction of sp³-hybridized carbons (Fsp3) is 0.100. The molecule has 0 fully saturated rings. The van der Waals surface area contributed by atoms with E-state index in [1.165, 1.54) is 0 Å². The fourth-order valence-corrected chi connectivity index (χ4v) is 2.35. The lowest BCUT2D eigenvalue weighted by Crippen LogP contribution is -2.14. The number of carbonyl (C=O) groups excluding carboxylic acids is 1. The number of carbonyl (C=O) groups is 1. The Kier molecular flexibility index (Phi) is 5.39. The average molecular weight is 334 g/mol. The Labute approximate surface area is 145 Å². The third-order valence-corrected chi connectivity index (χ3v) is 3.63. The summed E-state index contributed by atoms with van der Waals surface area (Å²) in [5.41, 5.74) is 2.61. The monoisotopic (exact) mass is 334 g/mol. The molecule has 0 atom stereocenters. The van der Waals surface area contributed by atoms with Crippen molar-refractivity contribution in [2.75, 3.05) is 5.32 Å². The summed E-state index contributed by atoms with van der Waals surface area (Å²) in [5, 5.41) is 12.1. The van der Waals surface area contributed by atoms with Crippen LogP contribution in [0, 0.1) is 0 Å². The van der Waals surface area contributed by atoms with Gasteiger partial charge in [0.25, 0.3) is 5.91 Å². The van der Waals surface area contributed by atoms with Gasteiger partial charge in [0.1, 0.15) is 12.4 Å². The Bertz CT molecular complexity index is 836. The Hall–Kier alpha value is -3.18. The van der Waals surface area contributed by atoms with E-state index < -0.39 is 0 Å². The van der Waals surface area contributed by atoms with E-state index in [9.17, 15) is 9.90 Å². The SMILES string of the molecule is O=C(Nc1cccnc1)c1cc(CO)ccc1OCc1ccccc1. The highest BCUT2D eigenvalue weighted by Gasteiger charge is 2.14. The number of ether oxygens (including phenoxy) is 1. The van der Waals surface area contributed by atoms with Crippen LogP contribution in [0.1, 0.15) is 21.5 Å². The van der Waals surface area contributed by atoms with Crippen molar-refractivity contribution in [1.29, 1.82) is 0 Å². The van der Waals surface area contributed by atoms with Gasteiger partial charge in [-0.25, -0.2) is 0 Å². The molecule has 1 amide bonds. The molecule has 0 aliphatic heterocycles. The molecule has 3 aromatic rings. The van der Waals surface area contributed by atoms with Crippen molar-refractivity contribution in [3.8, 4) is 5.75 Å². The summed E-state index contributed by atoms with van der Waals surface area (Å²) in [7, 11) is 0. The number of benzene rings is 2. The Morgan fingerprint density at radius 3 is 2.60 bits per heavy atom. The fourth-order valence-electron chi connectivity index (χ4n) is 2.35. The van der Waals surface area contributed by atoms with Gasteiger partial charge >= 0.3 is 0 Å². The predicted octanol–water partition coefficient (Wildman–Crippen LogP) is 3.41. The molecule has 0 saturated heterocycles. The molecule has 5 heteroatoms. The van der Waals surface area contributed by atoms with Crippen molar-refractivity contribution in [3.63, 3.8) is 0 Å². The Morgan fingerprint density at radius 1 is 1.04 bits per heavy atom. The van der Waals surface area contributed by atoms with E-state index in [1.54, 1.807) is 42.7 Å².